The van der Waals surface area contributed by atoms with E-state index in [1.54, 1.807) is 13.2 Å². The van der Waals surface area contributed by atoms with Gasteiger partial charge in [-0.3, -0.25) is 14.5 Å². The van der Waals surface area contributed by atoms with Gasteiger partial charge in [0.1, 0.15) is 5.75 Å². The van der Waals surface area contributed by atoms with Gasteiger partial charge < -0.3 is 15.2 Å². The Morgan fingerprint density at radius 1 is 1.13 bits per heavy atom. The summed E-state index contributed by atoms with van der Waals surface area (Å²) < 4.78 is 5.20. The second kappa shape index (κ2) is 8.20. The van der Waals surface area contributed by atoms with Gasteiger partial charge in [0.2, 0.25) is 5.91 Å². The number of carbonyl (C=O) groups is 2. The first kappa shape index (κ1) is 20.6. The Bertz CT molecular complexity index is 946. The van der Waals surface area contributed by atoms with E-state index in [4.69, 9.17) is 4.74 Å². The van der Waals surface area contributed by atoms with E-state index >= 15 is 0 Å². The predicted octanol–water partition coefficient (Wildman–Crippen LogP) is 3.13. The number of methoxy groups -OCH3 is 1. The Hall–Kier alpha value is -2.70. The largest absolute Gasteiger partial charge is 0.497 e. The zero-order chi connectivity index (χ0) is 21.3. The lowest BCUT2D eigenvalue weighted by Gasteiger charge is -2.40. The number of hydrogen-bond donors (Lipinski definition) is 2. The van der Waals surface area contributed by atoms with Crippen molar-refractivity contribution in [3.63, 3.8) is 0 Å². The minimum absolute atomic E-state index is 0.0209. The third kappa shape index (κ3) is 3.98. The molecule has 0 radical (unpaired) electrons. The molecule has 2 aromatic carbocycles. The summed E-state index contributed by atoms with van der Waals surface area (Å²) in [6.07, 6.45) is 2.27. The second-order valence-electron chi connectivity index (χ2n) is 8.26. The molecule has 1 atom stereocenters. The smallest absolute Gasteiger partial charge is 0.224 e. The van der Waals surface area contributed by atoms with Crippen LogP contribution in [0, 0.1) is 0 Å². The molecular weight excluding hydrogens is 380 g/mol. The van der Waals surface area contributed by atoms with E-state index in [-0.39, 0.29) is 17.7 Å². The van der Waals surface area contributed by atoms with Crippen LogP contribution in [-0.2, 0) is 16.8 Å². The van der Waals surface area contributed by atoms with Crippen LogP contribution in [0.25, 0.3) is 0 Å². The number of ketones is 1. The van der Waals surface area contributed by atoms with Gasteiger partial charge in [0, 0.05) is 30.8 Å². The van der Waals surface area contributed by atoms with Gasteiger partial charge in [-0.1, -0.05) is 12.1 Å². The molecule has 30 heavy (non-hydrogen) atoms. The third-order valence-electron chi connectivity index (χ3n) is 6.46. The topological polar surface area (TPSA) is 78.9 Å². The highest BCUT2D eigenvalue weighted by Gasteiger charge is 2.36. The number of ether oxygens (including phenoxy) is 1. The van der Waals surface area contributed by atoms with Crippen molar-refractivity contribution in [1.82, 2.24) is 4.90 Å². The lowest BCUT2D eigenvalue weighted by atomic mass is 9.83. The minimum atomic E-state index is -0.879. The number of nitrogens with zero attached hydrogens (tertiary/aromatic N) is 1. The Balaban J connectivity index is 1.42. The average molecular weight is 408 g/mol. The fourth-order valence-electron chi connectivity index (χ4n) is 4.41. The van der Waals surface area contributed by atoms with E-state index in [1.165, 1.54) is 0 Å². The number of Topliss-reactive ketones (excluding diaryl/α,β-unsaturated/α-hetero) is 1. The highest BCUT2D eigenvalue weighted by Crippen LogP contribution is 2.34. The number of carbonyl (C=O) groups excluding carboxylic acids is 2. The highest BCUT2D eigenvalue weighted by molar-refractivity contribution is 6.01. The molecule has 1 saturated heterocycles. The molecule has 2 aliphatic rings. The van der Waals surface area contributed by atoms with E-state index in [0.717, 1.165) is 22.6 Å². The van der Waals surface area contributed by atoms with Crippen molar-refractivity contribution < 1.29 is 19.4 Å². The quantitative estimate of drug-likeness (QED) is 0.743. The number of fused-ring (bicyclic) bond motifs is 1. The van der Waals surface area contributed by atoms with Crippen molar-refractivity contribution in [3.8, 4) is 5.75 Å². The van der Waals surface area contributed by atoms with Gasteiger partial charge in [0.25, 0.3) is 0 Å². The third-order valence-corrected chi connectivity index (χ3v) is 6.46. The molecule has 2 aromatic rings. The summed E-state index contributed by atoms with van der Waals surface area (Å²) in [4.78, 5) is 26.8. The number of nitrogens with one attached hydrogen (secondary N) is 1. The zero-order valence-corrected chi connectivity index (χ0v) is 17.5. The predicted molar refractivity (Wildman–Crippen MR) is 115 cm³/mol. The molecule has 0 aromatic heterocycles. The number of likely N-dealkylation sites (tertiary alicyclic amines) is 1. The van der Waals surface area contributed by atoms with Crippen molar-refractivity contribution in [3.05, 3.63) is 59.2 Å². The van der Waals surface area contributed by atoms with Crippen molar-refractivity contribution in [2.45, 2.75) is 44.2 Å². The lowest BCUT2D eigenvalue weighted by molar-refractivity contribution is -0.116. The molecule has 0 bridgehead atoms. The monoisotopic (exact) mass is 408 g/mol. The van der Waals surface area contributed by atoms with E-state index in [0.29, 0.717) is 44.3 Å². The maximum Gasteiger partial charge on any atom is 0.224 e. The maximum atomic E-state index is 13.1. The molecule has 1 fully saturated rings. The van der Waals surface area contributed by atoms with E-state index in [2.05, 4.69) is 10.2 Å². The first-order valence-corrected chi connectivity index (χ1v) is 10.5. The van der Waals surface area contributed by atoms with Gasteiger partial charge in [-0.15, -0.1) is 0 Å². The van der Waals surface area contributed by atoms with Gasteiger partial charge in [0.05, 0.1) is 18.8 Å². The van der Waals surface area contributed by atoms with Gasteiger partial charge in [0.15, 0.2) is 5.78 Å². The van der Waals surface area contributed by atoms with Gasteiger partial charge in [-0.25, -0.2) is 0 Å². The SMILES string of the molecule is COc1ccc(C2(O)CCN(C(C)C(=O)c3ccc4c(c3)CCC(=O)N4)CC2)cc1. The number of hydrogen-bond acceptors (Lipinski definition) is 5. The lowest BCUT2D eigenvalue weighted by Crippen LogP contribution is -2.48. The van der Waals surface area contributed by atoms with Crippen LogP contribution in [-0.4, -0.2) is 47.9 Å². The van der Waals surface area contributed by atoms with Crippen LogP contribution in [0.15, 0.2) is 42.5 Å². The first-order chi connectivity index (χ1) is 14.4. The highest BCUT2D eigenvalue weighted by atomic mass is 16.5. The van der Waals surface area contributed by atoms with Crippen molar-refractivity contribution in [1.29, 1.82) is 0 Å². The number of anilines is 1. The maximum absolute atomic E-state index is 13.1. The number of rotatable bonds is 5. The summed E-state index contributed by atoms with van der Waals surface area (Å²) in [5.41, 5.74) is 2.50. The Morgan fingerprint density at radius 3 is 2.50 bits per heavy atom. The van der Waals surface area contributed by atoms with Crippen LogP contribution in [0.4, 0.5) is 5.69 Å². The molecule has 0 aliphatic carbocycles. The summed E-state index contributed by atoms with van der Waals surface area (Å²) in [6.45, 7) is 3.23. The molecule has 1 unspecified atom stereocenters. The molecule has 6 nitrogen and oxygen atoms in total. The molecule has 6 heteroatoms. The average Bonchev–Trinajstić information content (AvgIpc) is 2.78. The van der Waals surface area contributed by atoms with Crippen LogP contribution in [0.1, 0.15) is 47.7 Å². The molecule has 158 valence electrons. The van der Waals surface area contributed by atoms with Crippen LogP contribution >= 0.6 is 0 Å². The Kier molecular flexibility index (Phi) is 5.62. The van der Waals surface area contributed by atoms with Crippen LogP contribution in [0.3, 0.4) is 0 Å². The summed E-state index contributed by atoms with van der Waals surface area (Å²) in [7, 11) is 1.62. The number of piperidine rings is 1. The van der Waals surface area contributed by atoms with Crippen molar-refractivity contribution >= 4 is 17.4 Å². The van der Waals surface area contributed by atoms with Gasteiger partial charge >= 0.3 is 0 Å². The fraction of sp³-hybridized carbons (Fsp3) is 0.417. The van der Waals surface area contributed by atoms with E-state index < -0.39 is 5.60 Å². The van der Waals surface area contributed by atoms with Crippen molar-refractivity contribution in [2.24, 2.45) is 0 Å². The van der Waals surface area contributed by atoms with Crippen LogP contribution in [0.2, 0.25) is 0 Å². The number of benzene rings is 2. The molecule has 2 aliphatic heterocycles. The summed E-state index contributed by atoms with van der Waals surface area (Å²) in [5, 5.41) is 14.0. The van der Waals surface area contributed by atoms with E-state index in [9.17, 15) is 14.7 Å². The summed E-state index contributed by atoms with van der Waals surface area (Å²) >= 11 is 0. The number of aryl methyl sites for hydroxylation is 1. The van der Waals surface area contributed by atoms with Crippen LogP contribution in [0.5, 0.6) is 5.75 Å². The molecule has 2 heterocycles. The first-order valence-electron chi connectivity index (χ1n) is 10.5. The van der Waals surface area contributed by atoms with Gasteiger partial charge in [-0.05, 0) is 67.6 Å². The standard InChI is InChI=1S/C24H28N2O4/c1-16(23(28)18-3-9-21-17(15-18)4-10-22(27)25-21)26-13-11-24(29,12-14-26)19-5-7-20(30-2)8-6-19/h3,5-9,15-16,29H,4,10-14H2,1-2H3,(H,25,27). The fourth-order valence-corrected chi connectivity index (χ4v) is 4.41. The van der Waals surface area contributed by atoms with E-state index in [1.807, 2.05) is 43.3 Å². The normalized spacial score (nSPS) is 19.5. The molecule has 0 saturated carbocycles. The molecular formula is C24H28N2O4. The molecule has 0 spiro atoms. The van der Waals surface area contributed by atoms with Crippen LogP contribution < -0.4 is 10.1 Å². The van der Waals surface area contributed by atoms with Gasteiger partial charge in [-0.2, -0.15) is 0 Å². The summed E-state index contributed by atoms with van der Waals surface area (Å²) in [5.74, 6) is 0.862. The number of aliphatic hydroxyl groups is 1. The Morgan fingerprint density at radius 2 is 1.83 bits per heavy atom. The number of amides is 1. The molecule has 2 N–H and O–H groups in total. The zero-order valence-electron chi connectivity index (χ0n) is 17.5. The molecule has 4 rings (SSSR count). The Labute approximate surface area is 176 Å². The minimum Gasteiger partial charge on any atom is -0.497 e. The molecule has 1 amide bonds. The van der Waals surface area contributed by atoms with Crippen molar-refractivity contribution in [2.75, 3.05) is 25.5 Å². The second-order valence-corrected chi connectivity index (χ2v) is 8.26. The summed E-state index contributed by atoms with van der Waals surface area (Å²) in [6, 6.07) is 12.8.